The van der Waals surface area contributed by atoms with Gasteiger partial charge in [0.2, 0.25) is 5.91 Å². The summed E-state index contributed by atoms with van der Waals surface area (Å²) in [7, 11) is 0. The Morgan fingerprint density at radius 3 is 2.77 bits per heavy atom. The van der Waals surface area contributed by atoms with Crippen LogP contribution in [0.25, 0.3) is 0 Å². The molecule has 1 aliphatic carbocycles. The Kier molecular flexibility index (Phi) is 5.54. The highest BCUT2D eigenvalue weighted by Gasteiger charge is 2.51. The van der Waals surface area contributed by atoms with Crippen molar-refractivity contribution >= 4 is 17.8 Å². The summed E-state index contributed by atoms with van der Waals surface area (Å²) < 4.78 is 13.1. The van der Waals surface area contributed by atoms with Crippen molar-refractivity contribution in [2.24, 2.45) is 0 Å². The van der Waals surface area contributed by atoms with Crippen molar-refractivity contribution in [3.05, 3.63) is 35.6 Å². The van der Waals surface area contributed by atoms with Crippen molar-refractivity contribution in [2.75, 3.05) is 13.1 Å². The molecule has 1 aliphatic heterocycles. The Labute approximate surface area is 152 Å². The molecule has 1 aromatic rings. The van der Waals surface area contributed by atoms with Gasteiger partial charge < -0.3 is 10.6 Å². The summed E-state index contributed by atoms with van der Waals surface area (Å²) in [5.41, 5.74) is 0.135. The van der Waals surface area contributed by atoms with Gasteiger partial charge in [-0.2, -0.15) is 0 Å². The molecule has 4 amide bonds. The van der Waals surface area contributed by atoms with E-state index < -0.39 is 5.54 Å². The molecule has 0 unspecified atom stereocenters. The Bertz CT molecular complexity index is 701. The third kappa shape index (κ3) is 4.03. The quantitative estimate of drug-likeness (QED) is 0.730. The fraction of sp³-hybridized carbons (Fsp3) is 0.526. The smallest absolute Gasteiger partial charge is 0.325 e. The third-order valence-corrected chi connectivity index (χ3v) is 5.11. The van der Waals surface area contributed by atoms with Crippen LogP contribution in [0, 0.1) is 5.82 Å². The van der Waals surface area contributed by atoms with E-state index in [9.17, 15) is 18.8 Å². The zero-order valence-corrected chi connectivity index (χ0v) is 14.7. The second kappa shape index (κ2) is 7.85. The van der Waals surface area contributed by atoms with Gasteiger partial charge in [-0.25, -0.2) is 9.18 Å². The molecule has 140 valence electrons. The van der Waals surface area contributed by atoms with Crippen LogP contribution in [0.1, 0.15) is 44.1 Å². The highest BCUT2D eigenvalue weighted by Crippen LogP contribution is 2.35. The predicted molar refractivity (Wildman–Crippen MR) is 93.8 cm³/mol. The summed E-state index contributed by atoms with van der Waals surface area (Å²) in [5, 5.41) is 5.61. The van der Waals surface area contributed by atoms with E-state index >= 15 is 0 Å². The SMILES string of the molecule is O=C(CCCN1C(=O)NC2(CCCC2)C1=O)NCCc1cccc(F)c1. The molecule has 6 nitrogen and oxygen atoms in total. The number of hydrogen-bond donors (Lipinski definition) is 2. The minimum Gasteiger partial charge on any atom is -0.356 e. The van der Waals surface area contributed by atoms with Gasteiger partial charge in [0.1, 0.15) is 11.4 Å². The summed E-state index contributed by atoms with van der Waals surface area (Å²) in [6.45, 7) is 0.679. The molecule has 1 saturated heterocycles. The van der Waals surface area contributed by atoms with E-state index in [1.807, 2.05) is 6.07 Å². The average molecular weight is 361 g/mol. The van der Waals surface area contributed by atoms with Crippen LogP contribution in [0.5, 0.6) is 0 Å². The third-order valence-electron chi connectivity index (χ3n) is 5.11. The molecule has 1 aromatic carbocycles. The number of rotatable bonds is 7. The van der Waals surface area contributed by atoms with Crippen LogP contribution < -0.4 is 10.6 Å². The molecule has 1 heterocycles. The first-order valence-corrected chi connectivity index (χ1v) is 9.15. The number of nitrogens with one attached hydrogen (secondary N) is 2. The summed E-state index contributed by atoms with van der Waals surface area (Å²) in [6.07, 6.45) is 4.54. The molecule has 1 spiro atoms. The molecule has 0 aromatic heterocycles. The molecule has 0 bridgehead atoms. The van der Waals surface area contributed by atoms with Crippen molar-refractivity contribution in [1.82, 2.24) is 15.5 Å². The topological polar surface area (TPSA) is 78.5 Å². The summed E-state index contributed by atoms with van der Waals surface area (Å²) >= 11 is 0. The van der Waals surface area contributed by atoms with Crippen molar-refractivity contribution < 1.29 is 18.8 Å². The minimum atomic E-state index is -0.690. The van der Waals surface area contributed by atoms with Crippen molar-refractivity contribution in [3.63, 3.8) is 0 Å². The maximum absolute atomic E-state index is 13.1. The van der Waals surface area contributed by atoms with Gasteiger partial charge in [0, 0.05) is 19.5 Å². The van der Waals surface area contributed by atoms with Crippen molar-refractivity contribution in [1.29, 1.82) is 0 Å². The molecule has 2 fully saturated rings. The zero-order valence-electron chi connectivity index (χ0n) is 14.7. The summed E-state index contributed by atoms with van der Waals surface area (Å²) in [6, 6.07) is 5.94. The van der Waals surface area contributed by atoms with Gasteiger partial charge in [0.25, 0.3) is 5.91 Å². The lowest BCUT2D eigenvalue weighted by molar-refractivity contribution is -0.131. The number of carbonyl (C=O) groups is 3. The van der Waals surface area contributed by atoms with Crippen LogP contribution >= 0.6 is 0 Å². The molecule has 0 radical (unpaired) electrons. The summed E-state index contributed by atoms with van der Waals surface area (Å²) in [5.74, 6) is -0.571. The largest absolute Gasteiger partial charge is 0.356 e. The maximum atomic E-state index is 13.1. The first-order chi connectivity index (χ1) is 12.5. The molecular formula is C19H24FN3O3. The zero-order chi connectivity index (χ0) is 18.6. The van der Waals surface area contributed by atoms with E-state index in [0.29, 0.717) is 32.2 Å². The van der Waals surface area contributed by atoms with Gasteiger partial charge in [0.15, 0.2) is 0 Å². The predicted octanol–water partition coefficient (Wildman–Crippen LogP) is 2.13. The highest BCUT2D eigenvalue weighted by atomic mass is 19.1. The molecule has 26 heavy (non-hydrogen) atoms. The van der Waals surface area contributed by atoms with Crippen LogP contribution in [0.15, 0.2) is 24.3 Å². The van der Waals surface area contributed by atoms with Crippen molar-refractivity contribution in [2.45, 2.75) is 50.5 Å². The van der Waals surface area contributed by atoms with Gasteiger partial charge in [0.05, 0.1) is 0 Å². The number of halogens is 1. The number of hydrogen-bond acceptors (Lipinski definition) is 3. The average Bonchev–Trinajstić information content (AvgIpc) is 3.15. The number of benzene rings is 1. The van der Waals surface area contributed by atoms with Crippen LogP contribution in [-0.4, -0.2) is 41.4 Å². The summed E-state index contributed by atoms with van der Waals surface area (Å²) in [4.78, 5) is 37.7. The second-order valence-electron chi connectivity index (χ2n) is 7.01. The van der Waals surface area contributed by atoms with Crippen molar-refractivity contribution in [3.8, 4) is 0 Å². The van der Waals surface area contributed by atoms with Crippen LogP contribution in [0.3, 0.4) is 0 Å². The fourth-order valence-corrected chi connectivity index (χ4v) is 3.72. The Morgan fingerprint density at radius 1 is 1.27 bits per heavy atom. The van der Waals surface area contributed by atoms with E-state index in [0.717, 1.165) is 18.4 Å². The molecule has 3 rings (SSSR count). The lowest BCUT2D eigenvalue weighted by Gasteiger charge is -2.19. The normalized spacial score (nSPS) is 18.4. The van der Waals surface area contributed by atoms with E-state index in [-0.39, 0.29) is 36.6 Å². The molecule has 2 aliphatic rings. The molecular weight excluding hydrogens is 337 g/mol. The fourth-order valence-electron chi connectivity index (χ4n) is 3.72. The lowest BCUT2D eigenvalue weighted by atomic mass is 9.98. The lowest BCUT2D eigenvalue weighted by Crippen LogP contribution is -2.44. The van der Waals surface area contributed by atoms with E-state index in [4.69, 9.17) is 0 Å². The van der Waals surface area contributed by atoms with E-state index in [1.165, 1.54) is 17.0 Å². The number of carbonyl (C=O) groups excluding carboxylic acids is 3. The first-order valence-electron chi connectivity index (χ1n) is 9.15. The van der Waals surface area contributed by atoms with E-state index in [2.05, 4.69) is 10.6 Å². The standard InChI is InChI=1S/C19H24FN3O3/c20-15-6-3-5-14(13-15)8-11-21-16(24)7-4-12-23-17(25)19(22-18(23)26)9-1-2-10-19/h3,5-6,13H,1-2,4,7-12H2,(H,21,24)(H,22,26). The van der Waals surface area contributed by atoms with Crippen LogP contribution in [-0.2, 0) is 16.0 Å². The number of amides is 4. The van der Waals surface area contributed by atoms with Gasteiger partial charge in [-0.05, 0) is 43.4 Å². The van der Waals surface area contributed by atoms with E-state index in [1.54, 1.807) is 6.07 Å². The Balaban J connectivity index is 1.37. The number of urea groups is 1. The maximum Gasteiger partial charge on any atom is 0.325 e. The number of nitrogens with zero attached hydrogens (tertiary/aromatic N) is 1. The Hall–Kier alpha value is -2.44. The van der Waals surface area contributed by atoms with Crippen LogP contribution in [0.4, 0.5) is 9.18 Å². The van der Waals surface area contributed by atoms with Gasteiger partial charge in [-0.15, -0.1) is 0 Å². The highest BCUT2D eigenvalue weighted by molar-refractivity contribution is 6.07. The van der Waals surface area contributed by atoms with Gasteiger partial charge >= 0.3 is 6.03 Å². The minimum absolute atomic E-state index is 0.135. The Morgan fingerprint density at radius 2 is 2.04 bits per heavy atom. The van der Waals surface area contributed by atoms with Gasteiger partial charge in [-0.3, -0.25) is 14.5 Å². The first kappa shape index (κ1) is 18.4. The van der Waals surface area contributed by atoms with Gasteiger partial charge in [-0.1, -0.05) is 25.0 Å². The molecule has 1 saturated carbocycles. The molecule has 7 heteroatoms. The van der Waals surface area contributed by atoms with Crippen LogP contribution in [0.2, 0.25) is 0 Å². The monoisotopic (exact) mass is 361 g/mol. The molecule has 2 N–H and O–H groups in total. The second-order valence-corrected chi connectivity index (χ2v) is 7.01. The molecule has 0 atom stereocenters. The number of imide groups is 1.